The third-order valence-corrected chi connectivity index (χ3v) is 2.13. The minimum absolute atomic E-state index is 0.273. The maximum absolute atomic E-state index is 10.2. The number of hydrogen-bond donors (Lipinski definition) is 0. The Balaban J connectivity index is 2.16. The molecule has 0 spiro atoms. The van der Waals surface area contributed by atoms with Crippen molar-refractivity contribution in [2.24, 2.45) is 5.18 Å². The van der Waals surface area contributed by atoms with Gasteiger partial charge in [-0.1, -0.05) is 23.4 Å². The van der Waals surface area contributed by atoms with Crippen molar-refractivity contribution >= 4 is 6.08 Å². The van der Waals surface area contributed by atoms with Crippen molar-refractivity contribution in [2.45, 2.75) is 13.0 Å². The number of rotatable bonds is 3. The van der Waals surface area contributed by atoms with Crippen LogP contribution in [0.4, 0.5) is 0 Å². The van der Waals surface area contributed by atoms with E-state index >= 15 is 0 Å². The van der Waals surface area contributed by atoms with Gasteiger partial charge in [-0.25, -0.2) is 0 Å². The smallest absolute Gasteiger partial charge is 0.231 e. The number of benzene rings is 1. The van der Waals surface area contributed by atoms with Crippen molar-refractivity contribution in [1.82, 2.24) is 0 Å². The molecule has 0 saturated carbocycles. The normalized spacial score (nSPS) is 15.5. The third-order valence-electron chi connectivity index (χ3n) is 2.13. The van der Waals surface area contributed by atoms with E-state index in [1.165, 1.54) is 0 Å². The fraction of sp³-hybridized carbons (Fsp3) is 0.273. The molecule has 1 aliphatic rings. The molecule has 0 aliphatic carbocycles. The van der Waals surface area contributed by atoms with Crippen molar-refractivity contribution in [3.05, 3.63) is 34.7 Å². The molecule has 78 valence electrons. The molecule has 1 aromatic rings. The van der Waals surface area contributed by atoms with E-state index < -0.39 is 0 Å². The highest BCUT2D eigenvalue weighted by molar-refractivity contribution is 5.56. The number of nitroso groups, excluding NO2 is 1. The van der Waals surface area contributed by atoms with Crippen LogP contribution < -0.4 is 9.47 Å². The van der Waals surface area contributed by atoms with Crippen molar-refractivity contribution in [3.63, 3.8) is 0 Å². The minimum atomic E-state index is -0.310. The summed E-state index contributed by atoms with van der Waals surface area (Å²) in [7, 11) is 0. The molecule has 0 aromatic heterocycles. The first-order chi connectivity index (χ1) is 7.29. The van der Waals surface area contributed by atoms with Crippen molar-refractivity contribution < 1.29 is 9.47 Å². The van der Waals surface area contributed by atoms with E-state index in [9.17, 15) is 4.91 Å². The molecule has 1 aliphatic heterocycles. The standard InChI is InChI=1S/C11H11NO3/c1-8(12-13)2-3-9-4-5-10-11(6-9)15-7-14-10/h2-6,8H,7H2,1H3/b3-2+. The van der Waals surface area contributed by atoms with Gasteiger partial charge in [0.1, 0.15) is 6.04 Å². The summed E-state index contributed by atoms with van der Waals surface area (Å²) < 4.78 is 10.4. The summed E-state index contributed by atoms with van der Waals surface area (Å²) in [5, 5.41) is 2.88. The first-order valence-corrected chi connectivity index (χ1v) is 4.70. The van der Waals surface area contributed by atoms with Crippen molar-refractivity contribution in [3.8, 4) is 11.5 Å². The summed E-state index contributed by atoms with van der Waals surface area (Å²) in [5.41, 5.74) is 0.967. The van der Waals surface area contributed by atoms with Gasteiger partial charge in [0.05, 0.1) is 0 Å². The fourth-order valence-corrected chi connectivity index (χ4v) is 1.30. The van der Waals surface area contributed by atoms with E-state index in [1.807, 2.05) is 24.3 Å². The lowest BCUT2D eigenvalue weighted by molar-refractivity contribution is 0.174. The molecule has 0 fully saturated rings. The number of hydrogen-bond acceptors (Lipinski definition) is 4. The molecule has 15 heavy (non-hydrogen) atoms. The monoisotopic (exact) mass is 205 g/mol. The average Bonchev–Trinajstić information content (AvgIpc) is 2.72. The molecular weight excluding hydrogens is 194 g/mol. The van der Waals surface area contributed by atoms with Gasteiger partial charge < -0.3 is 9.47 Å². The summed E-state index contributed by atoms with van der Waals surface area (Å²) in [5.74, 6) is 1.50. The molecule has 4 nitrogen and oxygen atoms in total. The second-order valence-corrected chi connectivity index (χ2v) is 3.32. The van der Waals surface area contributed by atoms with Gasteiger partial charge in [-0.15, -0.1) is 0 Å². The van der Waals surface area contributed by atoms with Crippen LogP contribution in [0.2, 0.25) is 0 Å². The maximum Gasteiger partial charge on any atom is 0.231 e. The molecule has 1 atom stereocenters. The van der Waals surface area contributed by atoms with Crippen LogP contribution in [0, 0.1) is 4.91 Å². The Hall–Kier alpha value is -1.84. The molecule has 1 aromatic carbocycles. The van der Waals surface area contributed by atoms with Crippen LogP contribution in [-0.2, 0) is 0 Å². The van der Waals surface area contributed by atoms with Crippen LogP contribution in [0.3, 0.4) is 0 Å². The lowest BCUT2D eigenvalue weighted by atomic mass is 10.1. The summed E-state index contributed by atoms with van der Waals surface area (Å²) >= 11 is 0. The maximum atomic E-state index is 10.2. The van der Waals surface area contributed by atoms with E-state index in [0.29, 0.717) is 0 Å². The van der Waals surface area contributed by atoms with Gasteiger partial charge in [-0.05, 0) is 24.6 Å². The predicted molar refractivity (Wildman–Crippen MR) is 56.9 cm³/mol. The molecule has 0 N–H and O–H groups in total. The van der Waals surface area contributed by atoms with Gasteiger partial charge in [0.25, 0.3) is 0 Å². The van der Waals surface area contributed by atoms with Gasteiger partial charge in [0, 0.05) is 0 Å². The zero-order valence-electron chi connectivity index (χ0n) is 8.34. The number of ether oxygens (including phenoxy) is 2. The number of fused-ring (bicyclic) bond motifs is 1. The Morgan fingerprint density at radius 3 is 3.00 bits per heavy atom. The van der Waals surface area contributed by atoms with Crippen LogP contribution >= 0.6 is 0 Å². The van der Waals surface area contributed by atoms with Crippen LogP contribution in [-0.4, -0.2) is 12.8 Å². The van der Waals surface area contributed by atoms with E-state index in [2.05, 4.69) is 5.18 Å². The van der Waals surface area contributed by atoms with Gasteiger partial charge in [-0.2, -0.15) is 4.91 Å². The Kier molecular flexibility index (Phi) is 2.67. The highest BCUT2D eigenvalue weighted by Gasteiger charge is 2.12. The van der Waals surface area contributed by atoms with Crippen LogP contribution in [0.1, 0.15) is 12.5 Å². The highest BCUT2D eigenvalue weighted by Crippen LogP contribution is 2.32. The lowest BCUT2D eigenvalue weighted by Gasteiger charge is -1.98. The summed E-state index contributed by atoms with van der Waals surface area (Å²) in [6.07, 6.45) is 3.58. The van der Waals surface area contributed by atoms with E-state index in [0.717, 1.165) is 17.1 Å². The molecule has 0 bridgehead atoms. The SMILES string of the molecule is CC(/C=C/c1ccc2c(c1)OCO2)N=O. The molecule has 0 saturated heterocycles. The Bertz CT molecular complexity index is 401. The quantitative estimate of drug-likeness (QED) is 0.712. The molecule has 1 unspecified atom stereocenters. The lowest BCUT2D eigenvalue weighted by Crippen LogP contribution is -1.92. The number of nitrogens with zero attached hydrogens (tertiary/aromatic N) is 1. The second-order valence-electron chi connectivity index (χ2n) is 3.32. The largest absolute Gasteiger partial charge is 0.454 e. The van der Waals surface area contributed by atoms with E-state index in [4.69, 9.17) is 9.47 Å². The highest BCUT2D eigenvalue weighted by atomic mass is 16.7. The molecular formula is C11H11NO3. The van der Waals surface area contributed by atoms with Crippen LogP contribution in [0.15, 0.2) is 29.5 Å². The van der Waals surface area contributed by atoms with Crippen molar-refractivity contribution in [2.75, 3.05) is 6.79 Å². The molecule has 1 heterocycles. The zero-order chi connectivity index (χ0) is 10.7. The predicted octanol–water partition coefficient (Wildman–Crippen LogP) is 2.58. The van der Waals surface area contributed by atoms with Crippen LogP contribution in [0.25, 0.3) is 6.08 Å². The average molecular weight is 205 g/mol. The van der Waals surface area contributed by atoms with E-state index in [1.54, 1.807) is 13.0 Å². The summed E-state index contributed by atoms with van der Waals surface area (Å²) in [6.45, 7) is 2.01. The van der Waals surface area contributed by atoms with Gasteiger partial charge in [0.2, 0.25) is 6.79 Å². The van der Waals surface area contributed by atoms with E-state index in [-0.39, 0.29) is 12.8 Å². The second kappa shape index (κ2) is 4.13. The van der Waals surface area contributed by atoms with Crippen LogP contribution in [0.5, 0.6) is 11.5 Å². The van der Waals surface area contributed by atoms with Crippen molar-refractivity contribution in [1.29, 1.82) is 0 Å². The first-order valence-electron chi connectivity index (χ1n) is 4.70. The minimum Gasteiger partial charge on any atom is -0.454 e. The Morgan fingerprint density at radius 2 is 2.20 bits per heavy atom. The Morgan fingerprint density at radius 1 is 1.40 bits per heavy atom. The fourth-order valence-electron chi connectivity index (χ4n) is 1.30. The Labute approximate surface area is 87.5 Å². The van der Waals surface area contributed by atoms with Gasteiger partial charge >= 0.3 is 0 Å². The topological polar surface area (TPSA) is 47.9 Å². The third kappa shape index (κ3) is 2.15. The molecule has 0 radical (unpaired) electrons. The van der Waals surface area contributed by atoms with Gasteiger partial charge in [-0.3, -0.25) is 0 Å². The summed E-state index contributed by atoms with van der Waals surface area (Å²) in [4.78, 5) is 10.2. The zero-order valence-corrected chi connectivity index (χ0v) is 8.34. The molecule has 0 amide bonds. The summed E-state index contributed by atoms with van der Waals surface area (Å²) in [6, 6.07) is 5.31. The molecule has 4 heteroatoms. The van der Waals surface area contributed by atoms with Gasteiger partial charge in [0.15, 0.2) is 11.5 Å². The molecule has 2 rings (SSSR count). The first kappa shape index (κ1) is 9.71.